The number of ketones is 1. The van der Waals surface area contributed by atoms with Gasteiger partial charge in [0.25, 0.3) is 0 Å². The first-order chi connectivity index (χ1) is 11.9. The number of aromatic hydroxyl groups is 1. The fourth-order valence-electron chi connectivity index (χ4n) is 3.54. The van der Waals surface area contributed by atoms with Crippen molar-refractivity contribution in [1.82, 2.24) is 4.90 Å². The van der Waals surface area contributed by atoms with E-state index in [2.05, 4.69) is 17.9 Å². The van der Waals surface area contributed by atoms with E-state index in [9.17, 15) is 9.90 Å². The number of nitrogens with zero attached hydrogens (tertiary/aromatic N) is 1. The lowest BCUT2D eigenvalue weighted by molar-refractivity contribution is 0.0834. The molecule has 3 heteroatoms. The van der Waals surface area contributed by atoms with Gasteiger partial charge in [0.05, 0.1) is 0 Å². The Balaban J connectivity index is 1.59. The molecule has 1 fully saturated rings. The molecule has 0 atom stereocenters. The lowest BCUT2D eigenvalue weighted by Gasteiger charge is -2.31. The van der Waals surface area contributed by atoms with Crippen LogP contribution >= 0.6 is 0 Å². The van der Waals surface area contributed by atoms with Crippen molar-refractivity contribution in [1.29, 1.82) is 0 Å². The maximum absolute atomic E-state index is 12.7. The summed E-state index contributed by atoms with van der Waals surface area (Å²) >= 11 is 0. The van der Waals surface area contributed by atoms with Crippen molar-refractivity contribution in [3.8, 4) is 5.75 Å². The first-order valence-corrected chi connectivity index (χ1v) is 9.06. The van der Waals surface area contributed by atoms with Crippen LogP contribution in [0, 0.1) is 26.7 Å². The number of aryl methyl sites for hydroxylation is 3. The second kappa shape index (κ2) is 7.40. The highest BCUT2D eigenvalue weighted by Gasteiger charge is 2.26. The number of phenols is 1. The molecule has 2 aromatic carbocycles. The molecule has 1 aliphatic rings. The van der Waals surface area contributed by atoms with E-state index >= 15 is 0 Å². The Morgan fingerprint density at radius 2 is 1.64 bits per heavy atom. The fraction of sp³-hybridized carbons (Fsp3) is 0.409. The average Bonchev–Trinajstić information content (AvgIpc) is 2.60. The topological polar surface area (TPSA) is 40.5 Å². The van der Waals surface area contributed by atoms with Crippen LogP contribution in [0.5, 0.6) is 5.75 Å². The molecular formula is C22H27NO2. The summed E-state index contributed by atoms with van der Waals surface area (Å²) < 4.78 is 0. The van der Waals surface area contributed by atoms with E-state index in [-0.39, 0.29) is 11.7 Å². The standard InChI is InChI=1S/C22H27NO2/c1-15-4-6-18(7-5-15)22(25)19-8-10-23(11-9-19)14-20-12-16(2)17(3)13-21(20)24/h4-7,12-13,19,24H,8-11,14H2,1-3H3. The predicted molar refractivity (Wildman–Crippen MR) is 101 cm³/mol. The van der Waals surface area contributed by atoms with Gasteiger partial charge in [-0.2, -0.15) is 0 Å². The number of carbonyl (C=O) groups is 1. The van der Waals surface area contributed by atoms with Crippen molar-refractivity contribution in [3.63, 3.8) is 0 Å². The second-order valence-corrected chi connectivity index (χ2v) is 7.35. The summed E-state index contributed by atoms with van der Waals surface area (Å²) in [5.74, 6) is 0.766. The molecule has 3 rings (SSSR count). The van der Waals surface area contributed by atoms with Gasteiger partial charge in [-0.3, -0.25) is 9.69 Å². The van der Waals surface area contributed by atoms with Crippen LogP contribution in [0.25, 0.3) is 0 Å². The summed E-state index contributed by atoms with van der Waals surface area (Å²) in [6, 6.07) is 11.8. The van der Waals surface area contributed by atoms with Crippen molar-refractivity contribution in [3.05, 3.63) is 64.2 Å². The molecule has 0 amide bonds. The van der Waals surface area contributed by atoms with Crippen LogP contribution in [0.4, 0.5) is 0 Å². The number of benzene rings is 2. The van der Waals surface area contributed by atoms with Crippen molar-refractivity contribution >= 4 is 5.78 Å². The SMILES string of the molecule is Cc1ccc(C(=O)C2CCN(Cc3cc(C)c(C)cc3O)CC2)cc1. The average molecular weight is 337 g/mol. The number of piperidine rings is 1. The van der Waals surface area contributed by atoms with Crippen molar-refractivity contribution < 1.29 is 9.90 Å². The molecule has 0 aromatic heterocycles. The van der Waals surface area contributed by atoms with Gasteiger partial charge in [0, 0.05) is 23.6 Å². The summed E-state index contributed by atoms with van der Waals surface area (Å²) in [4.78, 5) is 15.0. The quantitative estimate of drug-likeness (QED) is 0.840. The minimum absolute atomic E-state index is 0.118. The largest absolute Gasteiger partial charge is 0.508 e. The Morgan fingerprint density at radius 1 is 1.04 bits per heavy atom. The predicted octanol–water partition coefficient (Wildman–Crippen LogP) is 4.41. The van der Waals surface area contributed by atoms with Gasteiger partial charge in [0.15, 0.2) is 5.78 Å². The first-order valence-electron chi connectivity index (χ1n) is 9.06. The highest BCUT2D eigenvalue weighted by molar-refractivity contribution is 5.97. The molecule has 1 N–H and O–H groups in total. The molecule has 0 spiro atoms. The summed E-state index contributed by atoms with van der Waals surface area (Å²) in [6.07, 6.45) is 1.77. The number of phenolic OH excluding ortho intramolecular Hbond substituents is 1. The van der Waals surface area contributed by atoms with Crippen molar-refractivity contribution in [2.75, 3.05) is 13.1 Å². The molecule has 0 bridgehead atoms. The van der Waals surface area contributed by atoms with E-state index in [0.29, 0.717) is 5.75 Å². The second-order valence-electron chi connectivity index (χ2n) is 7.35. The summed E-state index contributed by atoms with van der Waals surface area (Å²) in [6.45, 7) is 8.67. The van der Waals surface area contributed by atoms with E-state index in [1.807, 2.05) is 44.2 Å². The molecule has 0 radical (unpaired) electrons. The molecule has 1 aliphatic heterocycles. The lowest BCUT2D eigenvalue weighted by atomic mass is 9.88. The van der Waals surface area contributed by atoms with E-state index < -0.39 is 0 Å². The van der Waals surface area contributed by atoms with Gasteiger partial charge in [0.1, 0.15) is 5.75 Å². The smallest absolute Gasteiger partial charge is 0.166 e. The number of rotatable bonds is 4. The Morgan fingerprint density at radius 3 is 2.28 bits per heavy atom. The van der Waals surface area contributed by atoms with Gasteiger partial charge >= 0.3 is 0 Å². The van der Waals surface area contributed by atoms with Gasteiger partial charge in [0.2, 0.25) is 0 Å². The zero-order chi connectivity index (χ0) is 18.0. The van der Waals surface area contributed by atoms with E-state index in [0.717, 1.165) is 49.2 Å². The molecule has 1 saturated heterocycles. The van der Waals surface area contributed by atoms with Gasteiger partial charge in [-0.15, -0.1) is 0 Å². The van der Waals surface area contributed by atoms with Crippen molar-refractivity contribution in [2.24, 2.45) is 5.92 Å². The van der Waals surface area contributed by atoms with Gasteiger partial charge in [-0.25, -0.2) is 0 Å². The molecule has 3 nitrogen and oxygen atoms in total. The zero-order valence-electron chi connectivity index (χ0n) is 15.4. The van der Waals surface area contributed by atoms with Crippen LogP contribution in [-0.2, 0) is 6.54 Å². The first kappa shape index (κ1) is 17.7. The van der Waals surface area contributed by atoms with Crippen LogP contribution in [0.15, 0.2) is 36.4 Å². The summed E-state index contributed by atoms with van der Waals surface area (Å²) in [5.41, 5.74) is 5.31. The molecule has 0 saturated carbocycles. The monoisotopic (exact) mass is 337 g/mol. The zero-order valence-corrected chi connectivity index (χ0v) is 15.4. The number of carbonyl (C=O) groups excluding carboxylic acids is 1. The fourth-order valence-corrected chi connectivity index (χ4v) is 3.54. The highest BCUT2D eigenvalue weighted by Crippen LogP contribution is 2.27. The van der Waals surface area contributed by atoms with E-state index in [1.54, 1.807) is 0 Å². The lowest BCUT2D eigenvalue weighted by Crippen LogP contribution is -2.36. The van der Waals surface area contributed by atoms with Crippen LogP contribution < -0.4 is 0 Å². The minimum Gasteiger partial charge on any atom is -0.508 e. The third kappa shape index (κ3) is 4.10. The maximum atomic E-state index is 12.7. The number of likely N-dealkylation sites (tertiary alicyclic amines) is 1. The third-order valence-electron chi connectivity index (χ3n) is 5.38. The van der Waals surface area contributed by atoms with Gasteiger partial charge < -0.3 is 5.11 Å². The molecule has 25 heavy (non-hydrogen) atoms. The van der Waals surface area contributed by atoms with Gasteiger partial charge in [-0.05, 0) is 63.9 Å². The Hall–Kier alpha value is -2.13. The molecule has 0 unspecified atom stereocenters. The highest BCUT2D eigenvalue weighted by atomic mass is 16.3. The Bertz CT molecular complexity index is 756. The molecule has 132 valence electrons. The molecule has 2 aromatic rings. The minimum atomic E-state index is 0.118. The number of hydrogen-bond donors (Lipinski definition) is 1. The molecule has 0 aliphatic carbocycles. The van der Waals surface area contributed by atoms with Crippen LogP contribution in [0.1, 0.15) is 45.5 Å². The number of hydrogen-bond acceptors (Lipinski definition) is 3. The molecular weight excluding hydrogens is 310 g/mol. The van der Waals surface area contributed by atoms with Gasteiger partial charge in [-0.1, -0.05) is 35.9 Å². The normalized spacial score (nSPS) is 16.1. The summed E-state index contributed by atoms with van der Waals surface area (Å²) in [5, 5.41) is 10.2. The Kier molecular flexibility index (Phi) is 5.24. The van der Waals surface area contributed by atoms with Crippen LogP contribution in [0.2, 0.25) is 0 Å². The van der Waals surface area contributed by atoms with E-state index in [4.69, 9.17) is 0 Å². The Labute approximate surface area is 150 Å². The maximum Gasteiger partial charge on any atom is 0.166 e. The van der Waals surface area contributed by atoms with E-state index in [1.165, 1.54) is 11.1 Å². The van der Waals surface area contributed by atoms with Crippen LogP contribution in [0.3, 0.4) is 0 Å². The van der Waals surface area contributed by atoms with Crippen molar-refractivity contribution in [2.45, 2.75) is 40.2 Å². The third-order valence-corrected chi connectivity index (χ3v) is 5.38. The molecule has 1 heterocycles. The summed E-state index contributed by atoms with van der Waals surface area (Å²) in [7, 11) is 0. The number of Topliss-reactive ketones (excluding diaryl/α,β-unsaturated/α-hetero) is 1. The van der Waals surface area contributed by atoms with Crippen LogP contribution in [-0.4, -0.2) is 28.9 Å².